The maximum absolute atomic E-state index is 12.8. The summed E-state index contributed by atoms with van der Waals surface area (Å²) >= 11 is 1.42. The summed E-state index contributed by atoms with van der Waals surface area (Å²) < 4.78 is 38.4. The summed E-state index contributed by atoms with van der Waals surface area (Å²) in [5, 5.41) is 5.24. The molecule has 0 saturated heterocycles. The molecule has 5 nitrogen and oxygen atoms in total. The molecule has 134 valence electrons. The molecule has 2 aromatic rings. The summed E-state index contributed by atoms with van der Waals surface area (Å²) in [4.78, 5) is 19.5. The van der Waals surface area contributed by atoms with Gasteiger partial charge in [-0.25, -0.2) is 4.98 Å². The summed E-state index contributed by atoms with van der Waals surface area (Å²) in [7, 11) is 0. The molecule has 0 unspecified atom stereocenters. The Hall–Kier alpha value is -2.29. The van der Waals surface area contributed by atoms with Crippen LogP contribution in [0.3, 0.4) is 0 Å². The molecule has 2 aromatic heterocycles. The Morgan fingerprint density at radius 3 is 2.60 bits per heavy atom. The van der Waals surface area contributed by atoms with Crippen molar-refractivity contribution in [3.63, 3.8) is 0 Å². The number of pyridine rings is 2. The molecule has 0 saturated carbocycles. The number of anilines is 1. The van der Waals surface area contributed by atoms with Gasteiger partial charge >= 0.3 is 6.18 Å². The van der Waals surface area contributed by atoms with Crippen molar-refractivity contribution in [2.75, 3.05) is 24.2 Å². The Morgan fingerprint density at radius 2 is 1.88 bits per heavy atom. The van der Waals surface area contributed by atoms with Crippen molar-refractivity contribution in [1.29, 1.82) is 0 Å². The molecule has 25 heavy (non-hydrogen) atoms. The molecule has 0 aliphatic rings. The first-order valence-corrected chi connectivity index (χ1v) is 8.62. The lowest BCUT2D eigenvalue weighted by Crippen LogP contribution is -2.30. The summed E-state index contributed by atoms with van der Waals surface area (Å²) in [6.07, 6.45) is -1.50. The van der Waals surface area contributed by atoms with E-state index >= 15 is 0 Å². The van der Waals surface area contributed by atoms with Crippen LogP contribution < -0.4 is 10.6 Å². The van der Waals surface area contributed by atoms with Crippen molar-refractivity contribution >= 4 is 23.5 Å². The molecule has 0 fully saturated rings. The van der Waals surface area contributed by atoms with E-state index in [9.17, 15) is 18.0 Å². The summed E-state index contributed by atoms with van der Waals surface area (Å²) in [5.41, 5.74) is 0.0593. The molecular formula is C16H17F3N4OS. The first-order chi connectivity index (χ1) is 12.0. The minimum Gasteiger partial charge on any atom is -0.368 e. The topological polar surface area (TPSA) is 66.9 Å². The molecule has 0 bridgehead atoms. The first kappa shape index (κ1) is 19.0. The van der Waals surface area contributed by atoms with Crippen LogP contribution >= 0.6 is 11.8 Å². The molecule has 1 amide bonds. The summed E-state index contributed by atoms with van der Waals surface area (Å²) in [5.74, 6) is 0.456. The minimum absolute atomic E-state index is 0.150. The number of carbonyl (C=O) groups excluding carboxylic acids is 1. The molecule has 0 aliphatic heterocycles. The zero-order chi connectivity index (χ0) is 18.1. The van der Waals surface area contributed by atoms with Gasteiger partial charge in [-0.05, 0) is 24.3 Å². The highest BCUT2D eigenvalue weighted by molar-refractivity contribution is 7.99. The quantitative estimate of drug-likeness (QED) is 0.700. The van der Waals surface area contributed by atoms with E-state index in [0.717, 1.165) is 11.8 Å². The van der Waals surface area contributed by atoms with E-state index in [-0.39, 0.29) is 30.6 Å². The van der Waals surface area contributed by atoms with Crippen molar-refractivity contribution < 1.29 is 18.0 Å². The minimum atomic E-state index is -4.47. The van der Waals surface area contributed by atoms with Gasteiger partial charge in [0.25, 0.3) is 0 Å². The maximum Gasteiger partial charge on any atom is 0.419 e. The van der Waals surface area contributed by atoms with Gasteiger partial charge in [0.15, 0.2) is 0 Å². The van der Waals surface area contributed by atoms with Crippen LogP contribution in [-0.4, -0.2) is 34.7 Å². The molecule has 2 N–H and O–H groups in total. The lowest BCUT2D eigenvalue weighted by molar-refractivity contribution is -0.137. The van der Waals surface area contributed by atoms with E-state index in [1.54, 1.807) is 6.20 Å². The van der Waals surface area contributed by atoms with Crippen LogP contribution in [-0.2, 0) is 16.7 Å². The number of hydrogen-bond acceptors (Lipinski definition) is 5. The van der Waals surface area contributed by atoms with E-state index in [0.29, 0.717) is 5.75 Å². The molecule has 0 spiro atoms. The van der Waals surface area contributed by atoms with E-state index in [1.165, 1.54) is 24.0 Å². The molecular weight excluding hydrogens is 353 g/mol. The fourth-order valence-corrected chi connectivity index (χ4v) is 2.71. The SMILES string of the molecule is O=C(CSCc1ccccn1)NCCNc1ncccc1C(F)(F)F. The molecule has 0 atom stereocenters. The van der Waals surface area contributed by atoms with Gasteiger partial charge in [-0.2, -0.15) is 13.2 Å². The number of rotatable bonds is 8. The zero-order valence-electron chi connectivity index (χ0n) is 13.2. The van der Waals surface area contributed by atoms with Crippen molar-refractivity contribution in [1.82, 2.24) is 15.3 Å². The van der Waals surface area contributed by atoms with Crippen LogP contribution in [0, 0.1) is 0 Å². The van der Waals surface area contributed by atoms with Gasteiger partial charge in [0.05, 0.1) is 17.0 Å². The highest BCUT2D eigenvalue weighted by atomic mass is 32.2. The normalized spacial score (nSPS) is 11.2. The van der Waals surface area contributed by atoms with Gasteiger partial charge in [0.2, 0.25) is 5.91 Å². The fourth-order valence-electron chi connectivity index (χ4n) is 1.94. The predicted molar refractivity (Wildman–Crippen MR) is 91.1 cm³/mol. The van der Waals surface area contributed by atoms with E-state index in [2.05, 4.69) is 20.6 Å². The van der Waals surface area contributed by atoms with Gasteiger partial charge in [0.1, 0.15) is 5.82 Å². The predicted octanol–water partition coefficient (Wildman–Crippen LogP) is 2.96. The third-order valence-electron chi connectivity index (χ3n) is 3.06. The zero-order valence-corrected chi connectivity index (χ0v) is 14.0. The Bertz CT molecular complexity index is 683. The Morgan fingerprint density at radius 1 is 1.08 bits per heavy atom. The van der Waals surface area contributed by atoms with Gasteiger partial charge in [-0.1, -0.05) is 6.07 Å². The van der Waals surface area contributed by atoms with Gasteiger partial charge in [0, 0.05) is 31.2 Å². The number of nitrogens with one attached hydrogen (secondary N) is 2. The third kappa shape index (κ3) is 6.61. The van der Waals surface area contributed by atoms with Crippen molar-refractivity contribution in [3.8, 4) is 0 Å². The van der Waals surface area contributed by atoms with E-state index in [4.69, 9.17) is 0 Å². The number of hydrogen-bond donors (Lipinski definition) is 2. The Labute approximate surface area is 147 Å². The standard InChI is InChI=1S/C16H17F3N4OS/c17-16(18,19)13-5-3-7-22-15(13)23-9-8-21-14(24)11-25-10-12-4-1-2-6-20-12/h1-7H,8-11H2,(H,21,24)(H,22,23). The number of alkyl halides is 3. The molecule has 2 rings (SSSR count). The number of carbonyl (C=O) groups is 1. The Kier molecular flexibility index (Phi) is 7.05. The second-order valence-electron chi connectivity index (χ2n) is 4.99. The molecule has 0 aliphatic carbocycles. The van der Waals surface area contributed by atoms with Gasteiger partial charge < -0.3 is 10.6 Å². The van der Waals surface area contributed by atoms with Crippen LogP contribution in [0.15, 0.2) is 42.7 Å². The van der Waals surface area contributed by atoms with E-state index in [1.807, 2.05) is 18.2 Å². The lowest BCUT2D eigenvalue weighted by Gasteiger charge is -2.13. The average Bonchev–Trinajstić information content (AvgIpc) is 2.59. The number of nitrogens with zero attached hydrogens (tertiary/aromatic N) is 2. The largest absolute Gasteiger partial charge is 0.419 e. The van der Waals surface area contributed by atoms with Crippen LogP contribution in [0.25, 0.3) is 0 Å². The summed E-state index contributed by atoms with van der Waals surface area (Å²) in [6, 6.07) is 7.76. The lowest BCUT2D eigenvalue weighted by atomic mass is 10.2. The second kappa shape index (κ2) is 9.26. The number of thioether (sulfide) groups is 1. The highest BCUT2D eigenvalue weighted by Crippen LogP contribution is 2.33. The average molecular weight is 370 g/mol. The molecule has 0 aromatic carbocycles. The van der Waals surface area contributed by atoms with E-state index < -0.39 is 11.7 Å². The van der Waals surface area contributed by atoms with Gasteiger partial charge in [-0.3, -0.25) is 9.78 Å². The summed E-state index contributed by atoms with van der Waals surface area (Å²) in [6.45, 7) is 0.355. The van der Waals surface area contributed by atoms with Crippen molar-refractivity contribution in [3.05, 3.63) is 54.0 Å². The second-order valence-corrected chi connectivity index (χ2v) is 5.97. The molecule has 0 radical (unpaired) electrons. The van der Waals surface area contributed by atoms with Crippen LogP contribution in [0.1, 0.15) is 11.3 Å². The van der Waals surface area contributed by atoms with Crippen LogP contribution in [0.2, 0.25) is 0 Å². The monoisotopic (exact) mass is 370 g/mol. The number of amides is 1. The molecule has 2 heterocycles. The fraction of sp³-hybridized carbons (Fsp3) is 0.312. The first-order valence-electron chi connectivity index (χ1n) is 7.47. The van der Waals surface area contributed by atoms with Crippen LogP contribution in [0.4, 0.5) is 19.0 Å². The number of halogens is 3. The highest BCUT2D eigenvalue weighted by Gasteiger charge is 2.33. The van der Waals surface area contributed by atoms with Crippen molar-refractivity contribution in [2.24, 2.45) is 0 Å². The Balaban J connectivity index is 1.67. The van der Waals surface area contributed by atoms with Crippen molar-refractivity contribution in [2.45, 2.75) is 11.9 Å². The smallest absolute Gasteiger partial charge is 0.368 e. The van der Waals surface area contributed by atoms with Gasteiger partial charge in [-0.15, -0.1) is 11.8 Å². The molecule has 9 heteroatoms. The third-order valence-corrected chi connectivity index (χ3v) is 4.03. The van der Waals surface area contributed by atoms with Crippen LogP contribution in [0.5, 0.6) is 0 Å². The maximum atomic E-state index is 12.8. The number of aromatic nitrogens is 2.